The number of hydrogen-bond donors (Lipinski definition) is 2. The van der Waals surface area contributed by atoms with Crippen molar-refractivity contribution in [3.05, 3.63) is 104 Å². The SMILES string of the molecule is O=C(N/N=C\c1cc(Cc2ccccc2Cl)ccc1O)c1ccccc1[N+](=O)[O-]. The summed E-state index contributed by atoms with van der Waals surface area (Å²) in [6.45, 7) is 0. The van der Waals surface area contributed by atoms with E-state index in [9.17, 15) is 20.0 Å². The first kappa shape index (κ1) is 20.0. The van der Waals surface area contributed by atoms with Crippen molar-refractivity contribution in [2.24, 2.45) is 5.10 Å². The van der Waals surface area contributed by atoms with E-state index in [4.69, 9.17) is 11.6 Å². The molecule has 0 aliphatic carbocycles. The van der Waals surface area contributed by atoms with Crippen LogP contribution in [0, 0.1) is 10.1 Å². The summed E-state index contributed by atoms with van der Waals surface area (Å²) in [5.41, 5.74) is 4.04. The van der Waals surface area contributed by atoms with E-state index in [1.807, 2.05) is 18.2 Å². The first-order valence-corrected chi connectivity index (χ1v) is 8.95. The number of nitrogens with zero attached hydrogens (tertiary/aromatic N) is 2. The fourth-order valence-corrected chi connectivity index (χ4v) is 2.93. The zero-order chi connectivity index (χ0) is 20.8. The zero-order valence-corrected chi connectivity index (χ0v) is 15.8. The molecule has 0 saturated heterocycles. The molecule has 0 aliphatic rings. The third-order valence-electron chi connectivity index (χ3n) is 4.16. The highest BCUT2D eigenvalue weighted by Crippen LogP contribution is 2.22. The van der Waals surface area contributed by atoms with Gasteiger partial charge in [0, 0.05) is 16.7 Å². The number of rotatable bonds is 6. The topological polar surface area (TPSA) is 105 Å². The average molecular weight is 410 g/mol. The minimum Gasteiger partial charge on any atom is -0.507 e. The number of benzene rings is 3. The third-order valence-corrected chi connectivity index (χ3v) is 4.53. The number of para-hydroxylation sites is 1. The molecule has 0 bridgehead atoms. The van der Waals surface area contributed by atoms with Crippen LogP contribution in [0.2, 0.25) is 5.02 Å². The van der Waals surface area contributed by atoms with Gasteiger partial charge in [0.1, 0.15) is 11.3 Å². The number of aromatic hydroxyl groups is 1. The van der Waals surface area contributed by atoms with Crippen LogP contribution < -0.4 is 5.43 Å². The molecule has 0 unspecified atom stereocenters. The number of carbonyl (C=O) groups excluding carboxylic acids is 1. The van der Waals surface area contributed by atoms with Crippen molar-refractivity contribution in [2.75, 3.05) is 0 Å². The van der Waals surface area contributed by atoms with Crippen LogP contribution in [0.3, 0.4) is 0 Å². The van der Waals surface area contributed by atoms with Gasteiger partial charge in [0.25, 0.3) is 11.6 Å². The maximum atomic E-state index is 12.2. The van der Waals surface area contributed by atoms with Crippen molar-refractivity contribution >= 4 is 29.4 Å². The number of phenolic OH excluding ortho intramolecular Hbond substituents is 1. The Morgan fingerprint density at radius 3 is 2.62 bits per heavy atom. The van der Waals surface area contributed by atoms with Crippen LogP contribution in [0.25, 0.3) is 0 Å². The van der Waals surface area contributed by atoms with Crippen LogP contribution in [0.15, 0.2) is 71.8 Å². The Morgan fingerprint density at radius 1 is 1.14 bits per heavy atom. The molecular formula is C21H16ClN3O4. The second-order valence-corrected chi connectivity index (χ2v) is 6.54. The van der Waals surface area contributed by atoms with Crippen molar-refractivity contribution in [1.82, 2.24) is 5.43 Å². The molecule has 1 amide bonds. The second-order valence-electron chi connectivity index (χ2n) is 6.13. The standard InChI is InChI=1S/C21H16ClN3O4/c22-18-7-3-1-5-15(18)11-14-9-10-20(26)16(12-14)13-23-24-21(27)17-6-2-4-8-19(17)25(28)29/h1-10,12-13,26H,11H2,(H,24,27)/b23-13-. The molecule has 2 N–H and O–H groups in total. The normalized spacial score (nSPS) is 10.8. The summed E-state index contributed by atoms with van der Waals surface area (Å²) >= 11 is 6.19. The van der Waals surface area contributed by atoms with Gasteiger partial charge >= 0.3 is 0 Å². The fraction of sp³-hybridized carbons (Fsp3) is 0.0476. The third kappa shape index (κ3) is 4.97. The highest BCUT2D eigenvalue weighted by molar-refractivity contribution is 6.31. The predicted octanol–water partition coefficient (Wildman–Crippen LogP) is 4.31. The van der Waals surface area contributed by atoms with E-state index in [0.717, 1.165) is 11.1 Å². The smallest absolute Gasteiger partial charge is 0.282 e. The lowest BCUT2D eigenvalue weighted by molar-refractivity contribution is -0.385. The Balaban J connectivity index is 1.75. The molecule has 0 saturated carbocycles. The number of hydrazone groups is 1. The Bertz CT molecular complexity index is 1100. The fourth-order valence-electron chi connectivity index (χ4n) is 2.72. The van der Waals surface area contributed by atoms with Crippen molar-refractivity contribution in [2.45, 2.75) is 6.42 Å². The Labute approximate surface area is 171 Å². The molecule has 0 heterocycles. The molecule has 0 aromatic heterocycles. The van der Waals surface area contributed by atoms with Gasteiger partial charge in [0.05, 0.1) is 11.1 Å². The number of halogens is 1. The van der Waals surface area contributed by atoms with E-state index in [0.29, 0.717) is 17.0 Å². The van der Waals surface area contributed by atoms with E-state index < -0.39 is 10.8 Å². The zero-order valence-electron chi connectivity index (χ0n) is 15.1. The largest absolute Gasteiger partial charge is 0.507 e. The summed E-state index contributed by atoms with van der Waals surface area (Å²) in [7, 11) is 0. The summed E-state index contributed by atoms with van der Waals surface area (Å²) in [4.78, 5) is 22.6. The summed E-state index contributed by atoms with van der Waals surface area (Å²) < 4.78 is 0. The minimum absolute atomic E-state index is 0.0170. The Morgan fingerprint density at radius 2 is 1.86 bits per heavy atom. The molecule has 146 valence electrons. The van der Waals surface area contributed by atoms with Crippen LogP contribution in [-0.4, -0.2) is 22.2 Å². The van der Waals surface area contributed by atoms with Crippen LogP contribution in [0.1, 0.15) is 27.0 Å². The monoisotopic (exact) mass is 409 g/mol. The van der Waals surface area contributed by atoms with Crippen molar-refractivity contribution in [3.63, 3.8) is 0 Å². The Hall–Kier alpha value is -3.71. The first-order chi connectivity index (χ1) is 14.0. The molecule has 0 aliphatic heterocycles. The van der Waals surface area contributed by atoms with Crippen molar-refractivity contribution in [3.8, 4) is 5.75 Å². The van der Waals surface area contributed by atoms with Crippen molar-refractivity contribution in [1.29, 1.82) is 0 Å². The molecule has 29 heavy (non-hydrogen) atoms. The number of nitrogens with one attached hydrogen (secondary N) is 1. The van der Waals surface area contributed by atoms with Gasteiger partial charge in [-0.1, -0.05) is 48.0 Å². The Kier molecular flexibility index (Phi) is 6.21. The maximum absolute atomic E-state index is 12.2. The van der Waals surface area contributed by atoms with Crippen LogP contribution in [0.4, 0.5) is 5.69 Å². The average Bonchev–Trinajstić information content (AvgIpc) is 2.71. The van der Waals surface area contributed by atoms with Gasteiger partial charge in [-0.2, -0.15) is 5.10 Å². The minimum atomic E-state index is -0.722. The van der Waals surface area contributed by atoms with Crippen molar-refractivity contribution < 1.29 is 14.8 Å². The lowest BCUT2D eigenvalue weighted by Crippen LogP contribution is -2.19. The van der Waals surface area contributed by atoms with E-state index in [-0.39, 0.29) is 17.0 Å². The molecule has 3 aromatic carbocycles. The number of hydrogen-bond acceptors (Lipinski definition) is 5. The molecular weight excluding hydrogens is 394 g/mol. The number of carbonyl (C=O) groups is 1. The van der Waals surface area contributed by atoms with Crippen LogP contribution >= 0.6 is 11.6 Å². The van der Waals surface area contributed by atoms with E-state index in [1.54, 1.807) is 18.2 Å². The van der Waals surface area contributed by atoms with Gasteiger partial charge in [-0.05, 0) is 41.8 Å². The van der Waals surface area contributed by atoms with Gasteiger partial charge in [-0.15, -0.1) is 0 Å². The van der Waals surface area contributed by atoms with E-state index in [2.05, 4.69) is 10.5 Å². The first-order valence-electron chi connectivity index (χ1n) is 8.58. The second kappa shape index (κ2) is 8.99. The van der Waals surface area contributed by atoms with Crippen LogP contribution in [-0.2, 0) is 6.42 Å². The van der Waals surface area contributed by atoms with E-state index in [1.165, 1.54) is 36.5 Å². The summed E-state index contributed by atoms with van der Waals surface area (Å²) in [6.07, 6.45) is 1.83. The molecule has 3 rings (SSSR count). The lowest BCUT2D eigenvalue weighted by Gasteiger charge is -2.07. The highest BCUT2D eigenvalue weighted by Gasteiger charge is 2.18. The molecule has 0 spiro atoms. The molecule has 3 aromatic rings. The number of phenols is 1. The molecule has 7 nitrogen and oxygen atoms in total. The number of amides is 1. The highest BCUT2D eigenvalue weighted by atomic mass is 35.5. The predicted molar refractivity (Wildman–Crippen MR) is 111 cm³/mol. The molecule has 0 fully saturated rings. The molecule has 0 radical (unpaired) electrons. The van der Waals surface area contributed by atoms with E-state index >= 15 is 0 Å². The van der Waals surface area contributed by atoms with Gasteiger partial charge in [-0.25, -0.2) is 5.43 Å². The summed E-state index contributed by atoms with van der Waals surface area (Å²) in [5, 5.41) is 25.5. The quantitative estimate of drug-likeness (QED) is 0.359. The maximum Gasteiger partial charge on any atom is 0.282 e. The lowest BCUT2D eigenvalue weighted by atomic mass is 10.0. The van der Waals surface area contributed by atoms with Gasteiger partial charge in [0.2, 0.25) is 0 Å². The number of nitro benzene ring substituents is 1. The van der Waals surface area contributed by atoms with Gasteiger partial charge in [-0.3, -0.25) is 14.9 Å². The summed E-state index contributed by atoms with van der Waals surface area (Å²) in [6, 6.07) is 18.0. The molecule has 0 atom stereocenters. The van der Waals surface area contributed by atoms with Gasteiger partial charge < -0.3 is 5.11 Å². The summed E-state index contributed by atoms with van der Waals surface area (Å²) in [5.74, 6) is -0.739. The number of nitro groups is 1. The van der Waals surface area contributed by atoms with Gasteiger partial charge in [0.15, 0.2) is 0 Å². The molecule has 8 heteroatoms. The van der Waals surface area contributed by atoms with Crippen LogP contribution in [0.5, 0.6) is 5.75 Å².